The molecule has 0 saturated carbocycles. The SMILES string of the molecule is C=COCCCCCOCC1CO1. The maximum Gasteiger partial charge on any atom is 0.104 e. The molecule has 1 atom stereocenters. The first-order chi connectivity index (χ1) is 6.43. The summed E-state index contributed by atoms with van der Waals surface area (Å²) >= 11 is 0. The first kappa shape index (κ1) is 10.5. The van der Waals surface area contributed by atoms with Crippen molar-refractivity contribution in [2.75, 3.05) is 26.4 Å². The van der Waals surface area contributed by atoms with Gasteiger partial charge in [0, 0.05) is 6.61 Å². The van der Waals surface area contributed by atoms with E-state index in [-0.39, 0.29) is 0 Å². The van der Waals surface area contributed by atoms with Gasteiger partial charge in [-0.2, -0.15) is 0 Å². The molecule has 0 N–H and O–H groups in total. The van der Waals surface area contributed by atoms with Gasteiger partial charge < -0.3 is 14.2 Å². The quantitative estimate of drug-likeness (QED) is 0.312. The highest BCUT2D eigenvalue weighted by Gasteiger charge is 2.21. The number of unbranched alkanes of at least 4 members (excludes halogenated alkanes) is 2. The van der Waals surface area contributed by atoms with Crippen LogP contribution in [0, 0.1) is 0 Å². The van der Waals surface area contributed by atoms with Gasteiger partial charge in [0.05, 0.1) is 26.1 Å². The summed E-state index contributed by atoms with van der Waals surface area (Å²) in [4.78, 5) is 0. The molecule has 1 aliphatic rings. The summed E-state index contributed by atoms with van der Waals surface area (Å²) in [5.41, 5.74) is 0. The number of epoxide rings is 1. The largest absolute Gasteiger partial charge is 0.502 e. The molecule has 3 heteroatoms. The Labute approximate surface area is 79.7 Å². The molecular weight excluding hydrogens is 168 g/mol. The van der Waals surface area contributed by atoms with E-state index < -0.39 is 0 Å². The zero-order valence-electron chi connectivity index (χ0n) is 8.04. The van der Waals surface area contributed by atoms with Crippen molar-refractivity contribution in [2.24, 2.45) is 0 Å². The minimum absolute atomic E-state index is 0.393. The molecule has 1 saturated heterocycles. The van der Waals surface area contributed by atoms with Crippen molar-refractivity contribution in [1.82, 2.24) is 0 Å². The lowest BCUT2D eigenvalue weighted by Crippen LogP contribution is -2.02. The minimum Gasteiger partial charge on any atom is -0.502 e. The Morgan fingerprint density at radius 3 is 2.77 bits per heavy atom. The number of hydrogen-bond acceptors (Lipinski definition) is 3. The molecule has 0 aliphatic carbocycles. The lowest BCUT2D eigenvalue weighted by atomic mass is 10.2. The van der Waals surface area contributed by atoms with Crippen molar-refractivity contribution < 1.29 is 14.2 Å². The van der Waals surface area contributed by atoms with Gasteiger partial charge in [-0.05, 0) is 19.3 Å². The Hall–Kier alpha value is -0.540. The summed E-state index contributed by atoms with van der Waals surface area (Å²) in [5, 5.41) is 0. The minimum atomic E-state index is 0.393. The molecule has 13 heavy (non-hydrogen) atoms. The first-order valence-electron chi connectivity index (χ1n) is 4.85. The molecule has 1 rings (SSSR count). The number of hydrogen-bond donors (Lipinski definition) is 0. The molecule has 1 aliphatic heterocycles. The van der Waals surface area contributed by atoms with Crippen molar-refractivity contribution in [3.05, 3.63) is 12.8 Å². The van der Waals surface area contributed by atoms with Gasteiger partial charge in [0.15, 0.2) is 0 Å². The van der Waals surface area contributed by atoms with E-state index in [2.05, 4.69) is 6.58 Å². The molecule has 0 radical (unpaired) electrons. The third-order valence-corrected chi connectivity index (χ3v) is 1.87. The second-order valence-corrected chi connectivity index (χ2v) is 3.13. The van der Waals surface area contributed by atoms with Gasteiger partial charge in [-0.25, -0.2) is 0 Å². The highest BCUT2D eigenvalue weighted by Crippen LogP contribution is 2.08. The van der Waals surface area contributed by atoms with Crippen LogP contribution in [0.4, 0.5) is 0 Å². The van der Waals surface area contributed by atoms with Crippen LogP contribution in [0.15, 0.2) is 12.8 Å². The van der Waals surface area contributed by atoms with Crippen LogP contribution in [0.3, 0.4) is 0 Å². The summed E-state index contributed by atoms with van der Waals surface area (Å²) < 4.78 is 15.4. The van der Waals surface area contributed by atoms with Crippen molar-refractivity contribution in [3.8, 4) is 0 Å². The fraction of sp³-hybridized carbons (Fsp3) is 0.800. The van der Waals surface area contributed by atoms with Gasteiger partial charge in [-0.1, -0.05) is 6.58 Å². The second kappa shape index (κ2) is 6.92. The third kappa shape index (κ3) is 6.61. The van der Waals surface area contributed by atoms with E-state index in [1.807, 2.05) is 0 Å². The highest BCUT2D eigenvalue weighted by atomic mass is 16.6. The summed E-state index contributed by atoms with van der Waals surface area (Å²) in [6, 6.07) is 0. The molecule has 0 aromatic carbocycles. The van der Waals surface area contributed by atoms with Gasteiger partial charge in [0.1, 0.15) is 6.10 Å². The second-order valence-electron chi connectivity index (χ2n) is 3.13. The molecule has 1 unspecified atom stereocenters. The molecule has 3 nitrogen and oxygen atoms in total. The molecule has 1 fully saturated rings. The average molecular weight is 186 g/mol. The molecular formula is C10H18O3. The predicted octanol–water partition coefficient (Wildman–Crippen LogP) is 1.73. The van der Waals surface area contributed by atoms with Crippen LogP contribution < -0.4 is 0 Å². The molecule has 0 spiro atoms. The van der Waals surface area contributed by atoms with Crippen LogP contribution in [0.2, 0.25) is 0 Å². The van der Waals surface area contributed by atoms with Crippen molar-refractivity contribution in [1.29, 1.82) is 0 Å². The number of ether oxygens (including phenoxy) is 3. The summed E-state index contributed by atoms with van der Waals surface area (Å²) in [5.74, 6) is 0. The fourth-order valence-corrected chi connectivity index (χ4v) is 1.03. The molecule has 0 aromatic rings. The number of rotatable bonds is 9. The fourth-order valence-electron chi connectivity index (χ4n) is 1.03. The Kier molecular flexibility index (Phi) is 5.61. The van der Waals surface area contributed by atoms with Gasteiger partial charge in [-0.3, -0.25) is 0 Å². The van der Waals surface area contributed by atoms with Crippen LogP contribution >= 0.6 is 0 Å². The molecule has 76 valence electrons. The van der Waals surface area contributed by atoms with Crippen LogP contribution in [0.5, 0.6) is 0 Å². The zero-order chi connectivity index (χ0) is 9.36. The summed E-state index contributed by atoms with van der Waals surface area (Å²) in [6.07, 6.45) is 5.21. The lowest BCUT2D eigenvalue weighted by Gasteiger charge is -2.02. The highest BCUT2D eigenvalue weighted by molar-refractivity contribution is 4.66. The Bertz CT molecular complexity index is 132. The monoisotopic (exact) mass is 186 g/mol. The molecule has 0 aromatic heterocycles. The maximum absolute atomic E-state index is 5.38. The van der Waals surface area contributed by atoms with Crippen molar-refractivity contribution in [2.45, 2.75) is 25.4 Å². The van der Waals surface area contributed by atoms with Crippen LogP contribution in [-0.4, -0.2) is 32.5 Å². The summed E-state index contributed by atoms with van der Waals surface area (Å²) in [7, 11) is 0. The first-order valence-corrected chi connectivity index (χ1v) is 4.85. The maximum atomic E-state index is 5.38. The lowest BCUT2D eigenvalue weighted by molar-refractivity contribution is 0.111. The van der Waals surface area contributed by atoms with E-state index >= 15 is 0 Å². The zero-order valence-corrected chi connectivity index (χ0v) is 8.04. The van der Waals surface area contributed by atoms with E-state index in [1.165, 1.54) is 6.26 Å². The van der Waals surface area contributed by atoms with Crippen LogP contribution in [0.1, 0.15) is 19.3 Å². The van der Waals surface area contributed by atoms with Crippen molar-refractivity contribution in [3.63, 3.8) is 0 Å². The topological polar surface area (TPSA) is 31.0 Å². The normalized spacial score (nSPS) is 19.8. The van der Waals surface area contributed by atoms with Crippen LogP contribution in [0.25, 0.3) is 0 Å². The summed E-state index contributed by atoms with van der Waals surface area (Å²) in [6.45, 7) is 6.74. The van der Waals surface area contributed by atoms with Gasteiger partial charge >= 0.3 is 0 Å². The average Bonchev–Trinajstić information content (AvgIpc) is 2.93. The predicted molar refractivity (Wildman–Crippen MR) is 50.6 cm³/mol. The van der Waals surface area contributed by atoms with Gasteiger partial charge in [0.2, 0.25) is 0 Å². The molecule has 0 bridgehead atoms. The van der Waals surface area contributed by atoms with Gasteiger partial charge in [-0.15, -0.1) is 0 Å². The molecule has 0 amide bonds. The van der Waals surface area contributed by atoms with E-state index in [9.17, 15) is 0 Å². The van der Waals surface area contributed by atoms with E-state index in [0.717, 1.165) is 45.7 Å². The Balaban J connectivity index is 1.65. The van der Waals surface area contributed by atoms with Crippen LogP contribution in [-0.2, 0) is 14.2 Å². The Morgan fingerprint density at radius 2 is 2.08 bits per heavy atom. The smallest absolute Gasteiger partial charge is 0.104 e. The molecule has 1 heterocycles. The van der Waals surface area contributed by atoms with E-state index in [4.69, 9.17) is 14.2 Å². The third-order valence-electron chi connectivity index (χ3n) is 1.87. The van der Waals surface area contributed by atoms with E-state index in [0.29, 0.717) is 6.10 Å². The standard InChI is InChI=1S/C10H18O3/c1-2-11-6-4-3-5-7-12-8-10-9-13-10/h2,10H,1,3-9H2. The van der Waals surface area contributed by atoms with Gasteiger partial charge in [0.25, 0.3) is 0 Å². The Morgan fingerprint density at radius 1 is 1.31 bits per heavy atom. The van der Waals surface area contributed by atoms with E-state index in [1.54, 1.807) is 0 Å². The van der Waals surface area contributed by atoms with Crippen molar-refractivity contribution >= 4 is 0 Å².